The third-order valence-corrected chi connectivity index (χ3v) is 8.19. The van der Waals surface area contributed by atoms with Gasteiger partial charge in [-0.25, -0.2) is 8.42 Å². The lowest BCUT2D eigenvalue weighted by Crippen LogP contribution is -2.48. The van der Waals surface area contributed by atoms with E-state index in [1.54, 1.807) is 28.6 Å². The monoisotopic (exact) mass is 441 g/mol. The molecule has 0 atom stereocenters. The number of amides is 1. The van der Waals surface area contributed by atoms with E-state index in [1.165, 1.54) is 19.3 Å². The first kappa shape index (κ1) is 22.0. The molecule has 0 aromatic heterocycles. The van der Waals surface area contributed by atoms with Crippen LogP contribution in [0.3, 0.4) is 0 Å². The maximum Gasteiger partial charge on any atom is 0.251 e. The Morgan fingerprint density at radius 2 is 1.52 bits per heavy atom. The molecule has 0 radical (unpaired) electrons. The van der Waals surface area contributed by atoms with E-state index in [1.807, 2.05) is 30.3 Å². The van der Waals surface area contributed by atoms with E-state index in [0.717, 1.165) is 24.9 Å². The first-order valence-corrected chi connectivity index (χ1v) is 12.6. The molecule has 6 nitrogen and oxygen atoms in total. The van der Waals surface area contributed by atoms with Crippen molar-refractivity contribution in [1.82, 2.24) is 14.5 Å². The van der Waals surface area contributed by atoms with E-state index in [-0.39, 0.29) is 5.91 Å². The van der Waals surface area contributed by atoms with Gasteiger partial charge >= 0.3 is 0 Å². The summed E-state index contributed by atoms with van der Waals surface area (Å²) in [6, 6.07) is 16.7. The molecule has 0 unspecified atom stereocenters. The van der Waals surface area contributed by atoms with Gasteiger partial charge in [-0.15, -0.1) is 0 Å². The second kappa shape index (κ2) is 9.94. The zero-order valence-corrected chi connectivity index (χ0v) is 18.7. The maximum atomic E-state index is 12.8. The van der Waals surface area contributed by atoms with E-state index in [4.69, 9.17) is 0 Å². The molecule has 1 saturated carbocycles. The number of piperazine rings is 1. The second-order valence-electron chi connectivity index (χ2n) is 8.50. The number of nitrogens with zero attached hydrogens (tertiary/aromatic N) is 2. The second-order valence-corrected chi connectivity index (χ2v) is 10.4. The number of benzene rings is 2. The van der Waals surface area contributed by atoms with Crippen molar-refractivity contribution in [2.45, 2.75) is 49.6 Å². The van der Waals surface area contributed by atoms with Crippen molar-refractivity contribution < 1.29 is 13.2 Å². The quantitative estimate of drug-likeness (QED) is 0.747. The highest BCUT2D eigenvalue weighted by Crippen LogP contribution is 2.19. The molecule has 0 spiro atoms. The van der Waals surface area contributed by atoms with Gasteiger partial charge in [0.2, 0.25) is 10.0 Å². The number of hydrogen-bond acceptors (Lipinski definition) is 4. The third-order valence-electron chi connectivity index (χ3n) is 6.27. The minimum atomic E-state index is -3.42. The van der Waals surface area contributed by atoms with Gasteiger partial charge in [0, 0.05) is 44.3 Å². The molecule has 1 heterocycles. The molecular weight excluding hydrogens is 410 g/mol. The van der Waals surface area contributed by atoms with E-state index < -0.39 is 10.0 Å². The predicted octanol–water partition coefficient (Wildman–Crippen LogP) is 3.26. The summed E-state index contributed by atoms with van der Waals surface area (Å²) in [6.07, 6.45) is 5.83. The Kier molecular flexibility index (Phi) is 7.05. The van der Waals surface area contributed by atoms with Crippen LogP contribution in [0.4, 0.5) is 0 Å². The number of carbonyl (C=O) groups excluding carboxylic acids is 1. The summed E-state index contributed by atoms with van der Waals surface area (Å²) < 4.78 is 27.1. The Labute approximate surface area is 185 Å². The normalized spacial score (nSPS) is 19.2. The average Bonchev–Trinajstić information content (AvgIpc) is 2.81. The SMILES string of the molecule is O=C(NC1CCCCC1)c1ccc(CN2CCN(S(=O)(=O)c3ccccc3)CC2)cc1. The van der Waals surface area contributed by atoms with Gasteiger partial charge in [-0.1, -0.05) is 49.6 Å². The molecule has 1 saturated heterocycles. The van der Waals surface area contributed by atoms with Crippen LogP contribution in [0.5, 0.6) is 0 Å². The molecule has 2 aromatic rings. The summed E-state index contributed by atoms with van der Waals surface area (Å²) in [7, 11) is -3.42. The molecule has 2 aromatic carbocycles. The van der Waals surface area contributed by atoms with Crippen molar-refractivity contribution in [3.05, 3.63) is 65.7 Å². The smallest absolute Gasteiger partial charge is 0.251 e. The average molecular weight is 442 g/mol. The van der Waals surface area contributed by atoms with Gasteiger partial charge in [0.05, 0.1) is 4.90 Å². The third kappa shape index (κ3) is 5.53. The van der Waals surface area contributed by atoms with Gasteiger partial charge in [-0.2, -0.15) is 4.31 Å². The molecule has 31 heavy (non-hydrogen) atoms. The molecule has 2 aliphatic rings. The molecule has 2 fully saturated rings. The topological polar surface area (TPSA) is 69.7 Å². The van der Waals surface area contributed by atoms with Crippen molar-refractivity contribution in [2.24, 2.45) is 0 Å². The lowest BCUT2D eigenvalue weighted by molar-refractivity contribution is 0.0927. The predicted molar refractivity (Wildman–Crippen MR) is 121 cm³/mol. The van der Waals surface area contributed by atoms with Crippen LogP contribution >= 0.6 is 0 Å². The van der Waals surface area contributed by atoms with Gasteiger partial charge in [-0.3, -0.25) is 9.69 Å². The Hall–Kier alpha value is -2.22. The number of hydrogen-bond donors (Lipinski definition) is 1. The molecule has 1 N–H and O–H groups in total. The van der Waals surface area contributed by atoms with Crippen molar-refractivity contribution >= 4 is 15.9 Å². The van der Waals surface area contributed by atoms with Crippen LogP contribution in [0.15, 0.2) is 59.5 Å². The first-order chi connectivity index (χ1) is 15.0. The summed E-state index contributed by atoms with van der Waals surface area (Å²) in [4.78, 5) is 15.1. The van der Waals surface area contributed by atoms with Crippen LogP contribution in [0.25, 0.3) is 0 Å². The van der Waals surface area contributed by atoms with Crippen molar-refractivity contribution in [1.29, 1.82) is 0 Å². The van der Waals surface area contributed by atoms with Gasteiger partial charge < -0.3 is 5.32 Å². The largest absolute Gasteiger partial charge is 0.349 e. The number of sulfonamides is 1. The fourth-order valence-corrected chi connectivity index (χ4v) is 5.85. The molecule has 7 heteroatoms. The van der Waals surface area contributed by atoms with E-state index in [0.29, 0.717) is 42.7 Å². The standard InChI is InChI=1S/C24H31N3O3S/c28-24(25-22-7-3-1-4-8-22)21-13-11-20(12-14-21)19-26-15-17-27(18-16-26)31(29,30)23-9-5-2-6-10-23/h2,5-6,9-14,22H,1,3-4,7-8,15-19H2,(H,25,28). The summed E-state index contributed by atoms with van der Waals surface area (Å²) in [5.41, 5.74) is 1.83. The highest BCUT2D eigenvalue weighted by molar-refractivity contribution is 7.89. The van der Waals surface area contributed by atoms with Gasteiger partial charge in [0.25, 0.3) is 5.91 Å². The summed E-state index contributed by atoms with van der Waals surface area (Å²) in [5.74, 6) is 0.0122. The highest BCUT2D eigenvalue weighted by Gasteiger charge is 2.28. The maximum absolute atomic E-state index is 12.8. The van der Waals surface area contributed by atoms with Crippen LogP contribution in [-0.4, -0.2) is 55.8 Å². The van der Waals surface area contributed by atoms with E-state index in [9.17, 15) is 13.2 Å². The number of nitrogens with one attached hydrogen (secondary N) is 1. The van der Waals surface area contributed by atoms with Gasteiger partial charge in [0.1, 0.15) is 0 Å². The Morgan fingerprint density at radius 3 is 2.16 bits per heavy atom. The molecular formula is C24H31N3O3S. The Bertz CT molecular complexity index is 963. The lowest BCUT2D eigenvalue weighted by Gasteiger charge is -2.34. The molecule has 166 valence electrons. The van der Waals surface area contributed by atoms with Crippen LogP contribution in [-0.2, 0) is 16.6 Å². The first-order valence-electron chi connectivity index (χ1n) is 11.2. The number of rotatable bonds is 6. The van der Waals surface area contributed by atoms with Crippen LogP contribution in [0.1, 0.15) is 48.0 Å². The molecule has 0 bridgehead atoms. The Morgan fingerprint density at radius 1 is 0.871 bits per heavy atom. The fraction of sp³-hybridized carbons (Fsp3) is 0.458. The van der Waals surface area contributed by atoms with Crippen LogP contribution in [0.2, 0.25) is 0 Å². The minimum Gasteiger partial charge on any atom is -0.349 e. The lowest BCUT2D eigenvalue weighted by atomic mass is 9.95. The fourth-order valence-electron chi connectivity index (χ4n) is 4.40. The molecule has 1 amide bonds. The summed E-state index contributed by atoms with van der Waals surface area (Å²) in [6.45, 7) is 3.11. The highest BCUT2D eigenvalue weighted by atomic mass is 32.2. The van der Waals surface area contributed by atoms with Gasteiger partial charge in [0.15, 0.2) is 0 Å². The van der Waals surface area contributed by atoms with Gasteiger partial charge in [-0.05, 0) is 42.7 Å². The molecule has 1 aliphatic carbocycles. The minimum absolute atomic E-state index is 0.0122. The molecule has 4 rings (SSSR count). The summed E-state index contributed by atoms with van der Waals surface area (Å²) >= 11 is 0. The zero-order valence-electron chi connectivity index (χ0n) is 17.9. The van der Waals surface area contributed by atoms with E-state index in [2.05, 4.69) is 10.2 Å². The van der Waals surface area contributed by atoms with Crippen LogP contribution in [0, 0.1) is 0 Å². The molecule has 1 aliphatic heterocycles. The van der Waals surface area contributed by atoms with E-state index >= 15 is 0 Å². The van der Waals surface area contributed by atoms with Crippen molar-refractivity contribution in [3.8, 4) is 0 Å². The number of carbonyl (C=O) groups is 1. The Balaban J connectivity index is 1.28. The van der Waals surface area contributed by atoms with Crippen molar-refractivity contribution in [2.75, 3.05) is 26.2 Å². The summed E-state index contributed by atoms with van der Waals surface area (Å²) in [5, 5.41) is 3.16. The van der Waals surface area contributed by atoms with Crippen molar-refractivity contribution in [3.63, 3.8) is 0 Å². The van der Waals surface area contributed by atoms with Crippen LogP contribution < -0.4 is 5.32 Å². The zero-order chi connectivity index (χ0) is 21.7.